The fourth-order valence-electron chi connectivity index (χ4n) is 3.61. The van der Waals surface area contributed by atoms with E-state index in [0.29, 0.717) is 30.3 Å². The highest BCUT2D eigenvalue weighted by Gasteiger charge is 2.24. The molecule has 11 heteroatoms. The van der Waals surface area contributed by atoms with Crippen molar-refractivity contribution in [2.45, 2.75) is 18.9 Å². The second-order valence-corrected chi connectivity index (χ2v) is 7.84. The summed E-state index contributed by atoms with van der Waals surface area (Å²) in [4.78, 5) is 38.6. The van der Waals surface area contributed by atoms with Crippen molar-refractivity contribution in [1.82, 2.24) is 15.3 Å². The summed E-state index contributed by atoms with van der Waals surface area (Å²) in [5.41, 5.74) is 9.49. The van der Waals surface area contributed by atoms with Crippen LogP contribution in [0.25, 0.3) is 0 Å². The minimum absolute atomic E-state index is 0.113. The number of hydrogen-bond acceptors (Lipinski definition) is 6. The number of esters is 1. The molecule has 1 atom stereocenters. The van der Waals surface area contributed by atoms with Crippen LogP contribution in [0, 0.1) is 17.5 Å². The number of amides is 2. The second-order valence-electron chi connectivity index (χ2n) is 7.84. The fourth-order valence-corrected chi connectivity index (χ4v) is 3.61. The zero-order valence-corrected chi connectivity index (χ0v) is 18.5. The first-order chi connectivity index (χ1) is 16.2. The molecule has 0 aliphatic carbocycles. The first-order valence-electron chi connectivity index (χ1n) is 10.6. The van der Waals surface area contributed by atoms with Crippen LogP contribution in [0.2, 0.25) is 0 Å². The van der Waals surface area contributed by atoms with Gasteiger partial charge in [-0.3, -0.25) is 14.6 Å². The number of rotatable bonds is 6. The van der Waals surface area contributed by atoms with Gasteiger partial charge in [0.25, 0.3) is 5.91 Å². The highest BCUT2D eigenvalue weighted by Crippen LogP contribution is 2.16. The SMILES string of the molecule is COC(=O)c1ccc(C(=O)N2CCNN(C(=O)C[C@H](N)Cc3cc(F)c(F)cc3F)CC2)cc1. The van der Waals surface area contributed by atoms with E-state index >= 15 is 0 Å². The summed E-state index contributed by atoms with van der Waals surface area (Å²) in [6.07, 6.45) is -0.302. The summed E-state index contributed by atoms with van der Waals surface area (Å²) in [5, 5.41) is 1.34. The summed E-state index contributed by atoms with van der Waals surface area (Å²) in [7, 11) is 1.27. The number of methoxy groups -OCH3 is 1. The van der Waals surface area contributed by atoms with Crippen LogP contribution in [0.1, 0.15) is 32.7 Å². The van der Waals surface area contributed by atoms with Crippen molar-refractivity contribution >= 4 is 17.8 Å². The van der Waals surface area contributed by atoms with Crippen molar-refractivity contribution in [1.29, 1.82) is 0 Å². The largest absolute Gasteiger partial charge is 0.465 e. The average Bonchev–Trinajstić information content (AvgIpc) is 3.08. The van der Waals surface area contributed by atoms with E-state index in [4.69, 9.17) is 5.73 Å². The number of nitrogens with zero attached hydrogens (tertiary/aromatic N) is 2. The van der Waals surface area contributed by atoms with Gasteiger partial charge in [-0.25, -0.2) is 23.4 Å². The monoisotopic (exact) mass is 478 g/mol. The van der Waals surface area contributed by atoms with Gasteiger partial charge in [0.2, 0.25) is 5.91 Å². The number of nitrogens with two attached hydrogens (primary N) is 1. The molecule has 0 unspecified atom stereocenters. The van der Waals surface area contributed by atoms with Crippen molar-refractivity contribution < 1.29 is 32.3 Å². The molecular weight excluding hydrogens is 453 g/mol. The van der Waals surface area contributed by atoms with E-state index in [9.17, 15) is 27.6 Å². The van der Waals surface area contributed by atoms with Crippen LogP contribution in [0.5, 0.6) is 0 Å². The summed E-state index contributed by atoms with van der Waals surface area (Å²) >= 11 is 0. The lowest BCUT2D eigenvalue weighted by molar-refractivity contribution is -0.134. The van der Waals surface area contributed by atoms with Gasteiger partial charge in [0.1, 0.15) is 5.82 Å². The molecule has 34 heavy (non-hydrogen) atoms. The van der Waals surface area contributed by atoms with Gasteiger partial charge in [-0.1, -0.05) is 0 Å². The molecule has 1 fully saturated rings. The van der Waals surface area contributed by atoms with Crippen LogP contribution < -0.4 is 11.2 Å². The number of halogens is 3. The van der Waals surface area contributed by atoms with E-state index in [2.05, 4.69) is 10.2 Å². The zero-order valence-electron chi connectivity index (χ0n) is 18.5. The second kappa shape index (κ2) is 11.1. The van der Waals surface area contributed by atoms with Gasteiger partial charge in [-0.15, -0.1) is 0 Å². The number of carbonyl (C=O) groups excluding carboxylic acids is 3. The highest BCUT2D eigenvalue weighted by atomic mass is 19.2. The number of hydrazine groups is 1. The maximum atomic E-state index is 13.8. The molecule has 1 aliphatic heterocycles. The van der Waals surface area contributed by atoms with Gasteiger partial charge in [-0.2, -0.15) is 0 Å². The molecule has 3 rings (SSSR count). The van der Waals surface area contributed by atoms with Gasteiger partial charge in [0, 0.05) is 43.7 Å². The van der Waals surface area contributed by atoms with Crippen LogP contribution >= 0.6 is 0 Å². The molecule has 2 aromatic carbocycles. The lowest BCUT2D eigenvalue weighted by Gasteiger charge is -2.23. The number of carbonyl (C=O) groups is 3. The van der Waals surface area contributed by atoms with Gasteiger partial charge in [0.15, 0.2) is 11.6 Å². The molecular formula is C23H25F3N4O4. The van der Waals surface area contributed by atoms with E-state index in [1.807, 2.05) is 0 Å². The molecule has 182 valence electrons. The zero-order chi connectivity index (χ0) is 24.8. The summed E-state index contributed by atoms with van der Waals surface area (Å²) in [5.74, 6) is -4.53. The van der Waals surface area contributed by atoms with Crippen LogP contribution in [0.15, 0.2) is 36.4 Å². The van der Waals surface area contributed by atoms with Gasteiger partial charge in [0.05, 0.1) is 19.2 Å². The van der Waals surface area contributed by atoms with Crippen LogP contribution in [-0.2, 0) is 16.0 Å². The van der Waals surface area contributed by atoms with Gasteiger partial charge >= 0.3 is 5.97 Å². The summed E-state index contributed by atoms with van der Waals surface area (Å²) < 4.78 is 45.0. The van der Waals surface area contributed by atoms with E-state index in [-0.39, 0.29) is 43.3 Å². The normalized spacial score (nSPS) is 15.0. The molecule has 0 aromatic heterocycles. The lowest BCUT2D eigenvalue weighted by Crippen LogP contribution is -2.46. The number of ether oxygens (including phenoxy) is 1. The maximum Gasteiger partial charge on any atom is 0.337 e. The third-order valence-electron chi connectivity index (χ3n) is 5.43. The molecule has 0 spiro atoms. The molecule has 1 aliphatic rings. The van der Waals surface area contributed by atoms with Crippen LogP contribution in [0.4, 0.5) is 13.2 Å². The Morgan fingerprint density at radius 1 is 1.00 bits per heavy atom. The Hall–Kier alpha value is -3.44. The Balaban J connectivity index is 1.55. The molecule has 2 aromatic rings. The molecule has 1 heterocycles. The smallest absolute Gasteiger partial charge is 0.337 e. The molecule has 1 saturated heterocycles. The van der Waals surface area contributed by atoms with E-state index < -0.39 is 29.5 Å². The van der Waals surface area contributed by atoms with Crippen molar-refractivity contribution in [3.63, 3.8) is 0 Å². The Morgan fingerprint density at radius 3 is 2.32 bits per heavy atom. The van der Waals surface area contributed by atoms with Crippen molar-refractivity contribution in [2.24, 2.45) is 5.73 Å². The molecule has 8 nitrogen and oxygen atoms in total. The quantitative estimate of drug-likeness (QED) is 0.483. The molecule has 2 amide bonds. The summed E-state index contributed by atoms with van der Waals surface area (Å²) in [6, 6.07) is 6.44. The molecule has 3 N–H and O–H groups in total. The standard InChI is InChI=1S/C23H25F3N4O4/c1-34-23(33)15-4-2-14(3-5-15)22(32)29-7-6-28-30(9-8-29)21(31)12-17(27)10-16-11-19(25)20(26)13-18(16)24/h2-5,11,13,17,28H,6-10,12,27H2,1H3/t17-/m1/s1. The first kappa shape index (κ1) is 25.2. The molecule has 0 radical (unpaired) electrons. The third-order valence-corrected chi connectivity index (χ3v) is 5.43. The third kappa shape index (κ3) is 6.12. The van der Waals surface area contributed by atoms with E-state index in [1.165, 1.54) is 36.4 Å². The predicted molar refractivity (Wildman–Crippen MR) is 116 cm³/mol. The molecule has 0 bridgehead atoms. The minimum atomic E-state index is -1.29. The topological polar surface area (TPSA) is 105 Å². The van der Waals surface area contributed by atoms with Crippen LogP contribution in [-0.4, -0.2) is 67.0 Å². The average molecular weight is 478 g/mol. The van der Waals surface area contributed by atoms with Crippen molar-refractivity contribution in [3.05, 3.63) is 70.5 Å². The van der Waals surface area contributed by atoms with Gasteiger partial charge in [-0.05, 0) is 42.3 Å². The minimum Gasteiger partial charge on any atom is -0.465 e. The van der Waals surface area contributed by atoms with E-state index in [1.54, 1.807) is 4.90 Å². The highest BCUT2D eigenvalue weighted by molar-refractivity contribution is 5.96. The lowest BCUT2D eigenvalue weighted by atomic mass is 10.0. The Morgan fingerprint density at radius 2 is 1.65 bits per heavy atom. The number of hydrogen-bond donors (Lipinski definition) is 2. The van der Waals surface area contributed by atoms with Crippen molar-refractivity contribution in [2.75, 3.05) is 33.3 Å². The fraction of sp³-hybridized carbons (Fsp3) is 0.348. The Labute approximate surface area is 194 Å². The molecule has 0 saturated carbocycles. The van der Waals surface area contributed by atoms with Gasteiger partial charge < -0.3 is 15.4 Å². The Kier molecular flexibility index (Phi) is 8.24. The predicted octanol–water partition coefficient (Wildman–Crippen LogP) is 1.64. The van der Waals surface area contributed by atoms with E-state index in [0.717, 1.165) is 6.07 Å². The number of nitrogens with one attached hydrogen (secondary N) is 1. The number of benzene rings is 2. The Bertz CT molecular complexity index is 1060. The first-order valence-corrected chi connectivity index (χ1v) is 10.6. The summed E-state index contributed by atoms with van der Waals surface area (Å²) in [6.45, 7) is 1.10. The van der Waals surface area contributed by atoms with Crippen molar-refractivity contribution in [3.8, 4) is 0 Å². The maximum absolute atomic E-state index is 13.8. The van der Waals surface area contributed by atoms with Crippen LogP contribution in [0.3, 0.4) is 0 Å².